The van der Waals surface area contributed by atoms with Crippen molar-refractivity contribution in [3.05, 3.63) is 0 Å². The highest BCUT2D eigenvalue weighted by Crippen LogP contribution is 1.99. The second-order valence-corrected chi connectivity index (χ2v) is 4.66. The van der Waals surface area contributed by atoms with Crippen molar-refractivity contribution in [3.63, 3.8) is 0 Å². The molecule has 0 aromatic rings. The number of hydrogen-bond donors (Lipinski definition) is 6. The molecule has 0 heterocycles. The van der Waals surface area contributed by atoms with E-state index in [0.29, 0.717) is 0 Å². The number of aliphatic carboxylic acids is 1. The van der Waals surface area contributed by atoms with E-state index < -0.39 is 48.5 Å². The lowest BCUT2D eigenvalue weighted by atomic mass is 10.1. The Morgan fingerprint density at radius 3 is 2.30 bits per heavy atom. The molecule has 2 unspecified atom stereocenters. The van der Waals surface area contributed by atoms with E-state index in [1.54, 1.807) is 0 Å². The second-order valence-electron chi connectivity index (χ2n) is 4.30. The first kappa shape index (κ1) is 20.7. The number of nitrogens with one attached hydrogen (secondary N) is 2. The molecule has 0 bridgehead atoms. The Bertz CT molecular complexity index is 485. The van der Waals surface area contributed by atoms with Crippen LogP contribution < -0.4 is 22.1 Å². The molecule has 0 saturated carbocycles. The quantitative estimate of drug-likeness (QED) is 0.147. The van der Waals surface area contributed by atoms with Crippen molar-refractivity contribution < 1.29 is 33.8 Å². The van der Waals surface area contributed by atoms with Gasteiger partial charge in [-0.1, -0.05) is 0 Å². The van der Waals surface area contributed by atoms with Crippen molar-refractivity contribution in [2.75, 3.05) is 12.3 Å². The van der Waals surface area contributed by atoms with Crippen LogP contribution in [0.15, 0.2) is 0 Å². The van der Waals surface area contributed by atoms with E-state index in [0.717, 1.165) is 0 Å². The zero-order valence-electron chi connectivity index (χ0n) is 12.0. The number of thiol groups is 1. The lowest BCUT2D eigenvalue weighted by Crippen LogP contribution is -2.49. The van der Waals surface area contributed by atoms with Gasteiger partial charge >= 0.3 is 18.0 Å². The third-order valence-electron chi connectivity index (χ3n) is 2.43. The number of primary amides is 1. The molecule has 0 fully saturated rings. The molecule has 0 aliphatic rings. The highest BCUT2D eigenvalue weighted by atomic mass is 32.1. The fourth-order valence-electron chi connectivity index (χ4n) is 1.33. The van der Waals surface area contributed by atoms with Gasteiger partial charge in [0.1, 0.15) is 18.6 Å². The molecule has 12 heteroatoms. The van der Waals surface area contributed by atoms with Crippen molar-refractivity contribution in [3.8, 4) is 0 Å². The van der Waals surface area contributed by atoms with Crippen molar-refractivity contribution in [2.24, 2.45) is 11.5 Å². The Hall–Kier alpha value is -2.34. The Morgan fingerprint density at radius 2 is 1.83 bits per heavy atom. The molecule has 0 aliphatic heterocycles. The van der Waals surface area contributed by atoms with E-state index in [-0.39, 0.29) is 18.6 Å². The summed E-state index contributed by atoms with van der Waals surface area (Å²) in [5.41, 5.74) is 10.0. The van der Waals surface area contributed by atoms with Crippen LogP contribution >= 0.6 is 12.6 Å². The second kappa shape index (κ2) is 10.4. The molecule has 0 aromatic heterocycles. The molecule has 11 nitrogen and oxygen atoms in total. The van der Waals surface area contributed by atoms with E-state index in [2.05, 4.69) is 33.7 Å². The SMILES string of the molecule is NC(=O)OC(=O)C(N)CCC(=O)NC(CS)C(=O)NCC(=O)O. The summed E-state index contributed by atoms with van der Waals surface area (Å²) in [6, 6.07) is -2.28. The minimum Gasteiger partial charge on any atom is -0.480 e. The molecular formula is C11H18N4O7S. The van der Waals surface area contributed by atoms with Gasteiger partial charge in [0.2, 0.25) is 11.8 Å². The highest BCUT2D eigenvalue weighted by Gasteiger charge is 2.22. The van der Waals surface area contributed by atoms with E-state index in [1.807, 2.05) is 0 Å². The average molecular weight is 350 g/mol. The summed E-state index contributed by atoms with van der Waals surface area (Å²) in [4.78, 5) is 55.2. The largest absolute Gasteiger partial charge is 0.480 e. The van der Waals surface area contributed by atoms with Gasteiger partial charge in [0.15, 0.2) is 0 Å². The van der Waals surface area contributed by atoms with Crippen LogP contribution in [0.25, 0.3) is 0 Å². The molecule has 23 heavy (non-hydrogen) atoms. The number of nitrogens with two attached hydrogens (primary N) is 2. The zero-order valence-corrected chi connectivity index (χ0v) is 12.9. The summed E-state index contributed by atoms with van der Waals surface area (Å²) in [6.45, 7) is -0.594. The van der Waals surface area contributed by atoms with Gasteiger partial charge in [-0.15, -0.1) is 0 Å². The molecule has 130 valence electrons. The molecule has 0 aliphatic carbocycles. The number of ether oxygens (including phenoxy) is 1. The van der Waals surface area contributed by atoms with Crippen LogP contribution in [0.3, 0.4) is 0 Å². The van der Waals surface area contributed by atoms with Crippen LogP contribution in [0.1, 0.15) is 12.8 Å². The van der Waals surface area contributed by atoms with Crippen LogP contribution in [-0.4, -0.2) is 59.3 Å². The van der Waals surface area contributed by atoms with Gasteiger partial charge in [0.05, 0.1) is 0 Å². The standard InChI is InChI=1S/C11H18N4O7S/c12-5(10(20)22-11(13)21)1-2-7(16)15-6(4-23)9(19)14-3-8(17)18/h5-6,23H,1-4,12H2,(H2,13,21)(H,14,19)(H,15,16)(H,17,18). The first-order chi connectivity index (χ1) is 10.7. The van der Waals surface area contributed by atoms with Crippen LogP contribution in [0, 0.1) is 0 Å². The minimum absolute atomic E-state index is 0.0625. The van der Waals surface area contributed by atoms with Gasteiger partial charge in [-0.2, -0.15) is 12.6 Å². The maximum atomic E-state index is 11.7. The van der Waals surface area contributed by atoms with Gasteiger partial charge in [0, 0.05) is 12.2 Å². The van der Waals surface area contributed by atoms with Gasteiger partial charge in [-0.05, 0) is 6.42 Å². The number of amides is 3. The van der Waals surface area contributed by atoms with Crippen LogP contribution in [0.2, 0.25) is 0 Å². The van der Waals surface area contributed by atoms with Crippen LogP contribution in [0.4, 0.5) is 4.79 Å². The third-order valence-corrected chi connectivity index (χ3v) is 2.80. The molecule has 0 radical (unpaired) electrons. The fourth-order valence-corrected chi connectivity index (χ4v) is 1.58. The summed E-state index contributed by atoms with van der Waals surface area (Å²) in [7, 11) is 0. The number of carboxylic acids is 1. The lowest BCUT2D eigenvalue weighted by molar-refractivity contribution is -0.139. The van der Waals surface area contributed by atoms with Gasteiger partial charge in [-0.3, -0.25) is 14.4 Å². The third kappa shape index (κ3) is 9.31. The normalized spacial score (nSPS) is 12.6. The molecule has 2 atom stereocenters. The van der Waals surface area contributed by atoms with E-state index >= 15 is 0 Å². The smallest absolute Gasteiger partial charge is 0.412 e. The fraction of sp³-hybridized carbons (Fsp3) is 0.545. The number of hydrogen-bond acceptors (Lipinski definition) is 8. The number of rotatable bonds is 9. The van der Waals surface area contributed by atoms with Crippen LogP contribution in [-0.2, 0) is 23.9 Å². The van der Waals surface area contributed by atoms with Crippen molar-refractivity contribution in [1.29, 1.82) is 0 Å². The van der Waals surface area contributed by atoms with Gasteiger partial charge in [0.25, 0.3) is 0 Å². The summed E-state index contributed by atoms with van der Waals surface area (Å²) in [5, 5.41) is 12.8. The topological polar surface area (TPSA) is 191 Å². The molecular weight excluding hydrogens is 332 g/mol. The van der Waals surface area contributed by atoms with Gasteiger partial charge < -0.3 is 31.9 Å². The number of carbonyl (C=O) groups excluding carboxylic acids is 4. The minimum atomic E-state index is -1.31. The van der Waals surface area contributed by atoms with Gasteiger partial charge in [-0.25, -0.2) is 9.59 Å². The Morgan fingerprint density at radius 1 is 1.22 bits per heavy atom. The Balaban J connectivity index is 4.29. The summed E-state index contributed by atoms with van der Waals surface area (Å²) >= 11 is 3.88. The molecule has 3 amide bonds. The summed E-state index contributed by atoms with van der Waals surface area (Å²) in [6.07, 6.45) is -1.68. The lowest BCUT2D eigenvalue weighted by Gasteiger charge is -2.16. The highest BCUT2D eigenvalue weighted by molar-refractivity contribution is 7.80. The van der Waals surface area contributed by atoms with Crippen molar-refractivity contribution >= 4 is 42.5 Å². The number of carbonyl (C=O) groups is 5. The monoisotopic (exact) mass is 350 g/mol. The Kier molecular flexibility index (Phi) is 9.34. The summed E-state index contributed by atoms with van der Waals surface area (Å²) in [5.74, 6) is -3.70. The summed E-state index contributed by atoms with van der Waals surface area (Å²) < 4.78 is 4.05. The molecule has 7 N–H and O–H groups in total. The predicted molar refractivity (Wildman–Crippen MR) is 79.3 cm³/mol. The number of carboxylic acid groups (broad SMARTS) is 1. The van der Waals surface area contributed by atoms with Crippen LogP contribution in [0.5, 0.6) is 0 Å². The molecule has 0 saturated heterocycles. The van der Waals surface area contributed by atoms with E-state index in [1.165, 1.54) is 0 Å². The first-order valence-corrected chi connectivity index (χ1v) is 6.97. The predicted octanol–water partition coefficient (Wildman–Crippen LogP) is -2.67. The maximum absolute atomic E-state index is 11.7. The molecule has 0 spiro atoms. The maximum Gasteiger partial charge on any atom is 0.412 e. The van der Waals surface area contributed by atoms with E-state index in [4.69, 9.17) is 10.8 Å². The first-order valence-electron chi connectivity index (χ1n) is 6.33. The zero-order chi connectivity index (χ0) is 18.0. The Labute approximate surface area is 136 Å². The van der Waals surface area contributed by atoms with E-state index in [9.17, 15) is 24.0 Å². The molecule has 0 rings (SSSR count). The van der Waals surface area contributed by atoms with Crippen molar-refractivity contribution in [1.82, 2.24) is 10.6 Å². The average Bonchev–Trinajstić information content (AvgIpc) is 2.46. The molecule has 0 aromatic carbocycles. The number of esters is 1. The van der Waals surface area contributed by atoms with Crippen molar-refractivity contribution in [2.45, 2.75) is 24.9 Å².